The normalized spacial score (nSPS) is 26.0. The van der Waals surface area contributed by atoms with Gasteiger partial charge in [-0.15, -0.1) is 0 Å². The molecule has 1 N–H and O–H groups in total. The molecule has 0 unspecified atom stereocenters. The molecule has 0 saturated heterocycles. The third-order valence-corrected chi connectivity index (χ3v) is 6.61. The van der Waals surface area contributed by atoms with Crippen LogP contribution in [0.2, 0.25) is 0 Å². The summed E-state index contributed by atoms with van der Waals surface area (Å²) in [5.74, 6) is 1.56. The molecule has 1 fully saturated rings. The number of carbonyl (C=O) groups excluding carboxylic acids is 1. The third kappa shape index (κ3) is 3.49. The maximum atomic E-state index is 12.8. The van der Waals surface area contributed by atoms with E-state index in [0.29, 0.717) is 18.5 Å². The molecule has 156 valence electrons. The lowest BCUT2D eigenvalue weighted by Crippen LogP contribution is -2.51. The minimum Gasteiger partial charge on any atom is -0.377 e. The first-order chi connectivity index (χ1) is 14.6. The Morgan fingerprint density at radius 1 is 1.23 bits per heavy atom. The smallest absolute Gasteiger partial charge is 0.224 e. The van der Waals surface area contributed by atoms with Crippen LogP contribution in [0.5, 0.6) is 0 Å². The standard InChI is InChI=1S/C24H28N4O2/c1-15-22(27-24-25-10-3-11-26-24)20-14-19(17-8-12-30-13-9-17)6-7-21(20)28(16(2)29)23(15)18-4-5-18/h3,6-8,10-11,14-15,18,22-23H,4-5,9,12-13H2,1-2H3,(H,25,26,27)/t15-,22-,23-/m1/s1. The maximum Gasteiger partial charge on any atom is 0.224 e. The molecule has 6 heteroatoms. The summed E-state index contributed by atoms with van der Waals surface area (Å²) in [4.78, 5) is 23.6. The molecule has 1 aromatic carbocycles. The van der Waals surface area contributed by atoms with E-state index >= 15 is 0 Å². The van der Waals surface area contributed by atoms with E-state index in [2.05, 4.69) is 46.5 Å². The molecule has 30 heavy (non-hydrogen) atoms. The van der Waals surface area contributed by atoms with E-state index in [1.54, 1.807) is 19.3 Å². The molecule has 6 nitrogen and oxygen atoms in total. The highest BCUT2D eigenvalue weighted by Crippen LogP contribution is 2.50. The van der Waals surface area contributed by atoms with Crippen LogP contribution in [0.1, 0.15) is 50.3 Å². The SMILES string of the molecule is CC(=O)N1c2ccc(C3=CCOCC3)cc2[C@H](Nc2ncccn2)[C@@H](C)[C@@H]1C1CC1. The second-order valence-electron chi connectivity index (χ2n) is 8.60. The molecular formula is C24H28N4O2. The highest BCUT2D eigenvalue weighted by Gasteiger charge is 2.47. The number of aromatic nitrogens is 2. The molecule has 0 radical (unpaired) electrons. The van der Waals surface area contributed by atoms with Crippen molar-refractivity contribution in [3.8, 4) is 0 Å². The molecular weight excluding hydrogens is 376 g/mol. The largest absolute Gasteiger partial charge is 0.377 e. The molecule has 1 amide bonds. The van der Waals surface area contributed by atoms with Crippen LogP contribution in [0.3, 0.4) is 0 Å². The minimum absolute atomic E-state index is 0.0454. The highest BCUT2D eigenvalue weighted by molar-refractivity contribution is 5.94. The highest BCUT2D eigenvalue weighted by atomic mass is 16.5. The average molecular weight is 405 g/mol. The van der Waals surface area contributed by atoms with E-state index in [4.69, 9.17) is 4.74 Å². The number of hydrogen-bond acceptors (Lipinski definition) is 5. The molecule has 1 aromatic heterocycles. The van der Waals surface area contributed by atoms with Crippen LogP contribution in [0.15, 0.2) is 42.7 Å². The van der Waals surface area contributed by atoms with E-state index < -0.39 is 0 Å². The molecule has 1 saturated carbocycles. The number of nitrogens with one attached hydrogen (secondary N) is 1. The van der Waals surface area contributed by atoms with Crippen molar-refractivity contribution in [1.82, 2.24) is 9.97 Å². The van der Waals surface area contributed by atoms with Gasteiger partial charge in [0.15, 0.2) is 0 Å². The lowest BCUT2D eigenvalue weighted by Gasteiger charge is -2.46. The van der Waals surface area contributed by atoms with Crippen LogP contribution >= 0.6 is 0 Å². The van der Waals surface area contributed by atoms with Gasteiger partial charge in [0.2, 0.25) is 11.9 Å². The monoisotopic (exact) mass is 404 g/mol. The summed E-state index contributed by atoms with van der Waals surface area (Å²) < 4.78 is 5.49. The Balaban J connectivity index is 1.61. The van der Waals surface area contributed by atoms with Gasteiger partial charge < -0.3 is 15.0 Å². The second kappa shape index (κ2) is 7.84. The predicted octanol–water partition coefficient (Wildman–Crippen LogP) is 4.21. The van der Waals surface area contributed by atoms with Gasteiger partial charge in [0.25, 0.3) is 0 Å². The van der Waals surface area contributed by atoms with E-state index in [-0.39, 0.29) is 23.9 Å². The van der Waals surface area contributed by atoms with E-state index in [1.807, 2.05) is 11.0 Å². The number of nitrogens with zero attached hydrogens (tertiary/aromatic N) is 3. The van der Waals surface area contributed by atoms with Crippen LogP contribution in [0.4, 0.5) is 11.6 Å². The Morgan fingerprint density at radius 2 is 2.03 bits per heavy atom. The zero-order valence-electron chi connectivity index (χ0n) is 17.5. The average Bonchev–Trinajstić information content (AvgIpc) is 3.61. The van der Waals surface area contributed by atoms with Crippen molar-refractivity contribution < 1.29 is 9.53 Å². The molecule has 0 spiro atoms. The summed E-state index contributed by atoms with van der Waals surface area (Å²) >= 11 is 0. The van der Waals surface area contributed by atoms with Crippen molar-refractivity contribution >= 4 is 23.1 Å². The van der Waals surface area contributed by atoms with Crippen molar-refractivity contribution in [1.29, 1.82) is 0 Å². The first-order valence-electron chi connectivity index (χ1n) is 10.9. The first kappa shape index (κ1) is 19.2. The summed E-state index contributed by atoms with van der Waals surface area (Å²) in [7, 11) is 0. The van der Waals surface area contributed by atoms with Crippen LogP contribution < -0.4 is 10.2 Å². The quantitative estimate of drug-likeness (QED) is 0.827. The van der Waals surface area contributed by atoms with Crippen LogP contribution in [-0.4, -0.2) is 35.1 Å². The summed E-state index contributed by atoms with van der Waals surface area (Å²) in [6, 6.07) is 8.60. The van der Waals surface area contributed by atoms with Gasteiger partial charge >= 0.3 is 0 Å². The van der Waals surface area contributed by atoms with Crippen LogP contribution in [-0.2, 0) is 9.53 Å². The summed E-state index contributed by atoms with van der Waals surface area (Å²) in [5.41, 5.74) is 4.68. The summed E-state index contributed by atoms with van der Waals surface area (Å²) in [6.45, 7) is 5.35. The van der Waals surface area contributed by atoms with Gasteiger partial charge in [0.1, 0.15) is 0 Å². The van der Waals surface area contributed by atoms with Crippen molar-refractivity contribution in [2.45, 2.75) is 45.2 Å². The molecule has 3 aliphatic rings. The zero-order chi connectivity index (χ0) is 20.7. The molecule has 1 aliphatic carbocycles. The minimum atomic E-state index is 0.0454. The molecule has 2 aromatic rings. The fraction of sp³-hybridized carbons (Fsp3) is 0.458. The van der Waals surface area contributed by atoms with E-state index in [1.165, 1.54) is 24.0 Å². The Hall–Kier alpha value is -2.73. The molecule has 2 aliphatic heterocycles. The van der Waals surface area contributed by atoms with Crippen molar-refractivity contribution in [2.75, 3.05) is 23.4 Å². The number of amides is 1. The zero-order valence-corrected chi connectivity index (χ0v) is 17.5. The number of hydrogen-bond donors (Lipinski definition) is 1. The first-order valence-corrected chi connectivity index (χ1v) is 10.9. The third-order valence-electron chi connectivity index (χ3n) is 6.61. The van der Waals surface area contributed by atoms with E-state index in [9.17, 15) is 4.79 Å². The van der Waals surface area contributed by atoms with Crippen LogP contribution in [0, 0.1) is 11.8 Å². The maximum absolute atomic E-state index is 12.8. The van der Waals surface area contributed by atoms with Gasteiger partial charge in [-0.1, -0.05) is 19.1 Å². The number of rotatable bonds is 4. The summed E-state index contributed by atoms with van der Waals surface area (Å²) in [5, 5.41) is 3.58. The number of anilines is 2. The number of carbonyl (C=O) groups is 1. The van der Waals surface area contributed by atoms with Crippen molar-refractivity contribution in [3.05, 3.63) is 53.9 Å². The molecule has 3 heterocycles. The molecule has 0 bridgehead atoms. The number of ether oxygens (including phenoxy) is 1. The van der Waals surface area contributed by atoms with Gasteiger partial charge in [0.05, 0.1) is 19.3 Å². The van der Waals surface area contributed by atoms with Gasteiger partial charge in [-0.05, 0) is 60.1 Å². The molecule has 5 rings (SSSR count). The second-order valence-corrected chi connectivity index (χ2v) is 8.60. The Bertz CT molecular complexity index is 970. The topological polar surface area (TPSA) is 67.3 Å². The van der Waals surface area contributed by atoms with Crippen LogP contribution in [0.25, 0.3) is 5.57 Å². The fourth-order valence-electron chi connectivity index (χ4n) is 5.07. The van der Waals surface area contributed by atoms with Gasteiger partial charge in [-0.25, -0.2) is 9.97 Å². The van der Waals surface area contributed by atoms with Gasteiger partial charge in [0, 0.05) is 37.0 Å². The predicted molar refractivity (Wildman–Crippen MR) is 117 cm³/mol. The lowest BCUT2D eigenvalue weighted by molar-refractivity contribution is -0.117. The Morgan fingerprint density at radius 3 is 2.70 bits per heavy atom. The number of benzene rings is 1. The number of fused-ring (bicyclic) bond motifs is 1. The molecule has 3 atom stereocenters. The van der Waals surface area contributed by atoms with Crippen molar-refractivity contribution in [3.63, 3.8) is 0 Å². The van der Waals surface area contributed by atoms with Gasteiger partial charge in [-0.2, -0.15) is 0 Å². The van der Waals surface area contributed by atoms with Crippen molar-refractivity contribution in [2.24, 2.45) is 11.8 Å². The Labute approximate surface area is 177 Å². The summed E-state index contributed by atoms with van der Waals surface area (Å²) in [6.07, 6.45) is 8.97. The van der Waals surface area contributed by atoms with Gasteiger partial charge in [-0.3, -0.25) is 4.79 Å². The fourth-order valence-corrected chi connectivity index (χ4v) is 5.07. The lowest BCUT2D eigenvalue weighted by atomic mass is 9.79. The van der Waals surface area contributed by atoms with E-state index in [0.717, 1.165) is 24.3 Å². The Kier molecular flexibility index (Phi) is 5.03.